The fourth-order valence-corrected chi connectivity index (χ4v) is 3.02. The topological polar surface area (TPSA) is 16.1 Å². The van der Waals surface area contributed by atoms with Gasteiger partial charge in [0.05, 0.1) is 12.1 Å². The van der Waals surface area contributed by atoms with E-state index in [9.17, 15) is 4.39 Å². The number of aromatic nitrogens is 1. The van der Waals surface area contributed by atoms with Crippen LogP contribution in [0.15, 0.2) is 12.3 Å². The summed E-state index contributed by atoms with van der Waals surface area (Å²) in [5, 5.41) is 0. The molecule has 4 heteroatoms. The van der Waals surface area contributed by atoms with Crippen LogP contribution in [0.5, 0.6) is 0 Å². The Morgan fingerprint density at radius 2 is 2.17 bits per heavy atom. The molecule has 0 aliphatic carbocycles. The van der Waals surface area contributed by atoms with E-state index >= 15 is 0 Å². The molecule has 1 aliphatic heterocycles. The molecule has 0 N–H and O–H groups in total. The predicted molar refractivity (Wildman–Crippen MR) is 73.5 cm³/mol. The van der Waals surface area contributed by atoms with Crippen LogP contribution >= 0.6 is 11.6 Å². The highest BCUT2D eigenvalue weighted by molar-refractivity contribution is 6.17. The van der Waals surface area contributed by atoms with Gasteiger partial charge in [-0.1, -0.05) is 13.8 Å². The molecule has 18 heavy (non-hydrogen) atoms. The number of halogens is 2. The van der Waals surface area contributed by atoms with Crippen LogP contribution in [-0.4, -0.2) is 17.6 Å². The number of hydrogen-bond acceptors (Lipinski definition) is 2. The van der Waals surface area contributed by atoms with E-state index in [1.54, 1.807) is 0 Å². The third-order valence-electron chi connectivity index (χ3n) is 3.92. The van der Waals surface area contributed by atoms with E-state index < -0.39 is 0 Å². The highest BCUT2D eigenvalue weighted by atomic mass is 35.5. The number of pyridine rings is 1. The molecule has 2 rings (SSSR count). The Labute approximate surface area is 113 Å². The SMILES string of the molecule is CC1CC(C)C(C)N(c2ncc(F)cc2CCl)C1. The summed E-state index contributed by atoms with van der Waals surface area (Å²) in [6.07, 6.45) is 2.51. The lowest BCUT2D eigenvalue weighted by molar-refractivity contribution is 0.295. The fourth-order valence-electron chi connectivity index (χ4n) is 2.83. The van der Waals surface area contributed by atoms with Crippen LogP contribution in [0.25, 0.3) is 0 Å². The van der Waals surface area contributed by atoms with E-state index in [-0.39, 0.29) is 5.82 Å². The molecule has 3 atom stereocenters. The summed E-state index contributed by atoms with van der Waals surface area (Å²) in [4.78, 5) is 6.53. The van der Waals surface area contributed by atoms with Crippen LogP contribution in [0.1, 0.15) is 32.8 Å². The summed E-state index contributed by atoms with van der Waals surface area (Å²) >= 11 is 5.91. The Morgan fingerprint density at radius 3 is 2.83 bits per heavy atom. The molecule has 2 heterocycles. The van der Waals surface area contributed by atoms with Crippen molar-refractivity contribution in [2.75, 3.05) is 11.4 Å². The van der Waals surface area contributed by atoms with Gasteiger partial charge < -0.3 is 4.90 Å². The van der Waals surface area contributed by atoms with Crippen LogP contribution in [0.3, 0.4) is 0 Å². The molecule has 1 aliphatic rings. The highest BCUT2D eigenvalue weighted by Gasteiger charge is 2.30. The van der Waals surface area contributed by atoms with Gasteiger partial charge >= 0.3 is 0 Å². The van der Waals surface area contributed by atoms with Crippen LogP contribution in [0.4, 0.5) is 10.2 Å². The Kier molecular flexibility index (Phi) is 4.10. The lowest BCUT2D eigenvalue weighted by atomic mass is 9.86. The second kappa shape index (κ2) is 5.43. The molecule has 1 aromatic rings. The van der Waals surface area contributed by atoms with E-state index in [1.165, 1.54) is 18.7 Å². The molecule has 1 fully saturated rings. The summed E-state index contributed by atoms with van der Waals surface area (Å²) in [6, 6.07) is 1.91. The number of anilines is 1. The molecule has 0 bridgehead atoms. The number of rotatable bonds is 2. The Hall–Kier alpha value is -0.830. The first-order valence-corrected chi connectivity index (χ1v) is 7.03. The minimum absolute atomic E-state index is 0.298. The van der Waals surface area contributed by atoms with Gasteiger partial charge in [0, 0.05) is 18.2 Å². The standard InChI is InChI=1S/C14H20ClFN2/c1-9-4-10(2)11(3)18(8-9)14-12(6-15)5-13(16)7-17-14/h5,7,9-11H,4,6,8H2,1-3H3. The van der Waals surface area contributed by atoms with Crippen molar-refractivity contribution in [1.29, 1.82) is 0 Å². The molecule has 0 amide bonds. The van der Waals surface area contributed by atoms with E-state index in [1.807, 2.05) is 0 Å². The van der Waals surface area contributed by atoms with Crippen molar-refractivity contribution in [3.8, 4) is 0 Å². The molecule has 0 aromatic carbocycles. The molecule has 2 nitrogen and oxygen atoms in total. The first-order valence-electron chi connectivity index (χ1n) is 6.50. The maximum Gasteiger partial charge on any atom is 0.141 e. The minimum Gasteiger partial charge on any atom is -0.353 e. The van der Waals surface area contributed by atoms with Crippen molar-refractivity contribution >= 4 is 17.4 Å². The average Bonchev–Trinajstić information content (AvgIpc) is 2.34. The first kappa shape index (κ1) is 13.6. The van der Waals surface area contributed by atoms with Gasteiger partial charge in [0.2, 0.25) is 0 Å². The maximum atomic E-state index is 13.2. The third-order valence-corrected chi connectivity index (χ3v) is 4.21. The number of hydrogen-bond donors (Lipinski definition) is 0. The van der Waals surface area contributed by atoms with Gasteiger partial charge in [-0.2, -0.15) is 0 Å². The molecule has 1 aromatic heterocycles. The Bertz CT molecular complexity index is 424. The number of alkyl halides is 1. The Morgan fingerprint density at radius 1 is 1.44 bits per heavy atom. The summed E-state index contributed by atoms with van der Waals surface area (Å²) in [5.41, 5.74) is 0.782. The largest absolute Gasteiger partial charge is 0.353 e. The number of piperidine rings is 1. The van der Waals surface area contributed by atoms with Crippen LogP contribution in [-0.2, 0) is 5.88 Å². The Balaban J connectivity index is 2.34. The van der Waals surface area contributed by atoms with Crippen molar-refractivity contribution in [2.45, 2.75) is 39.1 Å². The minimum atomic E-state index is -0.319. The van der Waals surface area contributed by atoms with Crippen LogP contribution in [0, 0.1) is 17.7 Å². The zero-order valence-corrected chi connectivity index (χ0v) is 11.9. The summed E-state index contributed by atoms with van der Waals surface area (Å²) < 4.78 is 13.2. The maximum absolute atomic E-state index is 13.2. The van der Waals surface area contributed by atoms with Crippen molar-refractivity contribution < 1.29 is 4.39 Å². The fraction of sp³-hybridized carbons (Fsp3) is 0.643. The van der Waals surface area contributed by atoms with Crippen LogP contribution < -0.4 is 4.90 Å². The van der Waals surface area contributed by atoms with Crippen LogP contribution in [0.2, 0.25) is 0 Å². The highest BCUT2D eigenvalue weighted by Crippen LogP contribution is 2.32. The molecule has 3 unspecified atom stereocenters. The summed E-state index contributed by atoms with van der Waals surface area (Å²) in [7, 11) is 0. The average molecular weight is 271 g/mol. The monoisotopic (exact) mass is 270 g/mol. The van der Waals surface area contributed by atoms with Crippen molar-refractivity contribution in [1.82, 2.24) is 4.98 Å². The second-order valence-electron chi connectivity index (χ2n) is 5.48. The lowest BCUT2D eigenvalue weighted by Crippen LogP contribution is -2.46. The summed E-state index contributed by atoms with van der Waals surface area (Å²) in [6.45, 7) is 7.68. The van der Waals surface area contributed by atoms with E-state index in [0.717, 1.165) is 17.9 Å². The second-order valence-corrected chi connectivity index (χ2v) is 5.75. The normalized spacial score (nSPS) is 28.5. The predicted octanol–water partition coefficient (Wildman–Crippen LogP) is 3.83. The van der Waals surface area contributed by atoms with Gasteiger partial charge in [0.1, 0.15) is 11.6 Å². The van der Waals surface area contributed by atoms with Gasteiger partial charge in [-0.15, -0.1) is 11.6 Å². The summed E-state index contributed by atoms with van der Waals surface area (Å²) in [5.74, 6) is 2.07. The quantitative estimate of drug-likeness (QED) is 0.760. The number of nitrogens with zero attached hydrogens (tertiary/aromatic N) is 2. The lowest BCUT2D eigenvalue weighted by Gasteiger charge is -2.42. The molecular formula is C14H20ClFN2. The molecule has 0 radical (unpaired) electrons. The smallest absolute Gasteiger partial charge is 0.141 e. The van der Waals surface area contributed by atoms with Crippen molar-refractivity contribution in [2.24, 2.45) is 11.8 Å². The van der Waals surface area contributed by atoms with Crippen molar-refractivity contribution in [3.05, 3.63) is 23.6 Å². The van der Waals surface area contributed by atoms with E-state index in [4.69, 9.17) is 11.6 Å². The van der Waals surface area contributed by atoms with E-state index in [0.29, 0.717) is 23.8 Å². The third kappa shape index (κ3) is 2.61. The van der Waals surface area contributed by atoms with Gasteiger partial charge in [0.15, 0.2) is 0 Å². The van der Waals surface area contributed by atoms with Gasteiger partial charge in [-0.25, -0.2) is 9.37 Å². The van der Waals surface area contributed by atoms with Gasteiger partial charge in [0.25, 0.3) is 0 Å². The molecule has 0 spiro atoms. The zero-order valence-electron chi connectivity index (χ0n) is 11.2. The zero-order chi connectivity index (χ0) is 13.3. The van der Waals surface area contributed by atoms with Gasteiger partial charge in [-0.05, 0) is 31.2 Å². The molecular weight excluding hydrogens is 251 g/mol. The molecule has 100 valence electrons. The first-order chi connectivity index (χ1) is 8.52. The molecule has 0 saturated carbocycles. The van der Waals surface area contributed by atoms with Crippen molar-refractivity contribution in [3.63, 3.8) is 0 Å². The van der Waals surface area contributed by atoms with E-state index in [2.05, 4.69) is 30.7 Å². The van der Waals surface area contributed by atoms with Gasteiger partial charge in [-0.3, -0.25) is 0 Å². The molecule has 1 saturated heterocycles.